The van der Waals surface area contributed by atoms with E-state index in [1.54, 1.807) is 5.57 Å². The highest BCUT2D eigenvalue weighted by molar-refractivity contribution is 5.30. The summed E-state index contributed by atoms with van der Waals surface area (Å²) < 4.78 is 0. The second-order valence-corrected chi connectivity index (χ2v) is 3.42. The van der Waals surface area contributed by atoms with Crippen LogP contribution in [0.15, 0.2) is 24.3 Å². The molecule has 0 amide bonds. The van der Waals surface area contributed by atoms with Crippen LogP contribution >= 0.6 is 0 Å². The van der Waals surface area contributed by atoms with Crippen molar-refractivity contribution in [2.45, 2.75) is 27.2 Å². The summed E-state index contributed by atoms with van der Waals surface area (Å²) in [7, 11) is 0. The molecule has 62 valence electrons. The fourth-order valence-corrected chi connectivity index (χ4v) is 2.08. The van der Waals surface area contributed by atoms with Crippen molar-refractivity contribution >= 4 is 0 Å². The first-order valence-corrected chi connectivity index (χ1v) is 4.54. The third kappa shape index (κ3) is 1.40. The van der Waals surface area contributed by atoms with Gasteiger partial charge in [-0.2, -0.15) is 0 Å². The maximum atomic E-state index is 3.83. The molecule has 0 bridgehead atoms. The van der Waals surface area contributed by atoms with Gasteiger partial charge in [0.05, 0.1) is 0 Å². The first kappa shape index (κ1) is 8.58. The van der Waals surface area contributed by atoms with Gasteiger partial charge < -0.3 is 0 Å². The summed E-state index contributed by atoms with van der Waals surface area (Å²) in [6.07, 6.45) is 5.64. The van der Waals surface area contributed by atoms with Crippen LogP contribution in [0, 0.1) is 17.8 Å². The van der Waals surface area contributed by atoms with Crippen LogP contribution in [0.3, 0.4) is 0 Å². The van der Waals surface area contributed by atoms with Crippen LogP contribution in [-0.2, 0) is 0 Å². The summed E-state index contributed by atoms with van der Waals surface area (Å²) in [5.74, 6) is 2.36. The van der Waals surface area contributed by atoms with Crippen molar-refractivity contribution in [1.82, 2.24) is 0 Å². The Labute approximate surface area is 70.0 Å². The van der Waals surface area contributed by atoms with E-state index < -0.39 is 0 Å². The highest BCUT2D eigenvalue weighted by atomic mass is 14.5. The lowest BCUT2D eigenvalue weighted by atomic mass is 10.0. The van der Waals surface area contributed by atoms with Crippen LogP contribution in [0.2, 0.25) is 0 Å². The normalized spacial score (nSPS) is 35.4. The van der Waals surface area contributed by atoms with E-state index in [4.69, 9.17) is 0 Å². The van der Waals surface area contributed by atoms with E-state index in [-0.39, 0.29) is 0 Å². The van der Waals surface area contributed by atoms with E-state index in [1.165, 1.54) is 6.42 Å². The topological polar surface area (TPSA) is 0 Å². The van der Waals surface area contributed by atoms with Crippen molar-refractivity contribution in [2.24, 2.45) is 17.8 Å². The molecule has 3 atom stereocenters. The molecule has 1 saturated carbocycles. The van der Waals surface area contributed by atoms with Crippen molar-refractivity contribution in [3.05, 3.63) is 24.3 Å². The first-order valence-electron chi connectivity index (χ1n) is 4.54. The molecule has 1 rings (SSSR count). The lowest BCUT2D eigenvalue weighted by Gasteiger charge is -2.00. The number of hydrogen-bond donors (Lipinski definition) is 0. The minimum absolute atomic E-state index is 0.672. The van der Waals surface area contributed by atoms with Crippen LogP contribution in [-0.4, -0.2) is 0 Å². The standard InChI is InChI=1S/C11H18/c1-5-8(4)11-9(6-2)10(11)7-3/h5-6,8,10-11H,1,7H2,2-4H3/b9-6-. The lowest BCUT2D eigenvalue weighted by molar-refractivity contribution is 0.563. The van der Waals surface area contributed by atoms with Gasteiger partial charge in [-0.25, -0.2) is 0 Å². The maximum absolute atomic E-state index is 3.83. The number of hydrogen-bond acceptors (Lipinski definition) is 0. The Kier molecular flexibility index (Phi) is 2.53. The molecule has 0 heterocycles. The zero-order valence-electron chi connectivity index (χ0n) is 7.80. The van der Waals surface area contributed by atoms with Gasteiger partial charge >= 0.3 is 0 Å². The minimum atomic E-state index is 0.672. The molecule has 0 nitrogen and oxygen atoms in total. The summed E-state index contributed by atoms with van der Waals surface area (Å²) in [5, 5.41) is 0. The van der Waals surface area contributed by atoms with Crippen molar-refractivity contribution in [3.63, 3.8) is 0 Å². The molecule has 1 aliphatic rings. The van der Waals surface area contributed by atoms with Gasteiger partial charge in [0, 0.05) is 0 Å². The molecular weight excluding hydrogens is 132 g/mol. The van der Waals surface area contributed by atoms with E-state index in [1.807, 2.05) is 0 Å². The third-order valence-corrected chi connectivity index (χ3v) is 2.85. The molecule has 0 aromatic heterocycles. The molecule has 0 aromatic rings. The molecule has 0 saturated heterocycles. The molecule has 0 heteroatoms. The Hall–Kier alpha value is -0.520. The van der Waals surface area contributed by atoms with Crippen LogP contribution in [0.4, 0.5) is 0 Å². The summed E-state index contributed by atoms with van der Waals surface area (Å²) in [6, 6.07) is 0. The number of allylic oxidation sites excluding steroid dienone is 3. The SMILES string of the molecule is C=CC(C)C1/C(=C\C)C1CC. The lowest BCUT2D eigenvalue weighted by Crippen LogP contribution is -1.93. The predicted molar refractivity (Wildman–Crippen MR) is 50.4 cm³/mol. The van der Waals surface area contributed by atoms with E-state index in [2.05, 4.69) is 39.5 Å². The third-order valence-electron chi connectivity index (χ3n) is 2.85. The average Bonchev–Trinajstić information content (AvgIpc) is 2.76. The molecule has 0 aromatic carbocycles. The molecule has 1 fully saturated rings. The van der Waals surface area contributed by atoms with Gasteiger partial charge in [0.15, 0.2) is 0 Å². The Morgan fingerprint density at radius 3 is 2.55 bits per heavy atom. The molecule has 0 radical (unpaired) electrons. The predicted octanol–water partition coefficient (Wildman–Crippen LogP) is 3.41. The summed E-state index contributed by atoms with van der Waals surface area (Å²) in [5.41, 5.74) is 1.65. The molecule has 3 unspecified atom stereocenters. The van der Waals surface area contributed by atoms with E-state index in [0.29, 0.717) is 5.92 Å². The Bertz CT molecular complexity index is 176. The number of rotatable bonds is 3. The first-order chi connectivity index (χ1) is 5.26. The summed E-state index contributed by atoms with van der Waals surface area (Å²) in [6.45, 7) is 10.5. The van der Waals surface area contributed by atoms with Gasteiger partial charge in [-0.05, 0) is 31.1 Å². The highest BCUT2D eigenvalue weighted by Crippen LogP contribution is 2.52. The monoisotopic (exact) mass is 150 g/mol. The van der Waals surface area contributed by atoms with Crippen molar-refractivity contribution < 1.29 is 0 Å². The fourth-order valence-electron chi connectivity index (χ4n) is 2.08. The van der Waals surface area contributed by atoms with Crippen LogP contribution in [0.25, 0.3) is 0 Å². The maximum Gasteiger partial charge on any atom is -0.00745 e. The second-order valence-electron chi connectivity index (χ2n) is 3.42. The van der Waals surface area contributed by atoms with Gasteiger partial charge in [0.2, 0.25) is 0 Å². The van der Waals surface area contributed by atoms with Crippen molar-refractivity contribution in [1.29, 1.82) is 0 Å². The molecule has 0 N–H and O–H groups in total. The fraction of sp³-hybridized carbons (Fsp3) is 0.636. The van der Waals surface area contributed by atoms with Crippen LogP contribution < -0.4 is 0 Å². The van der Waals surface area contributed by atoms with E-state index in [0.717, 1.165) is 11.8 Å². The van der Waals surface area contributed by atoms with E-state index >= 15 is 0 Å². The largest absolute Gasteiger partial charge is 0.103 e. The molecule has 0 aliphatic heterocycles. The van der Waals surface area contributed by atoms with Crippen molar-refractivity contribution in [2.75, 3.05) is 0 Å². The quantitative estimate of drug-likeness (QED) is 0.541. The average molecular weight is 150 g/mol. The van der Waals surface area contributed by atoms with Crippen molar-refractivity contribution in [3.8, 4) is 0 Å². The molecule has 1 aliphatic carbocycles. The van der Waals surface area contributed by atoms with Crippen LogP contribution in [0.1, 0.15) is 27.2 Å². The van der Waals surface area contributed by atoms with E-state index in [9.17, 15) is 0 Å². The minimum Gasteiger partial charge on any atom is -0.103 e. The Morgan fingerprint density at radius 2 is 2.27 bits per heavy atom. The smallest absolute Gasteiger partial charge is 0.00745 e. The van der Waals surface area contributed by atoms with Gasteiger partial charge in [-0.15, -0.1) is 6.58 Å². The van der Waals surface area contributed by atoms with Gasteiger partial charge in [-0.3, -0.25) is 0 Å². The van der Waals surface area contributed by atoms with Gasteiger partial charge in [-0.1, -0.05) is 31.6 Å². The Balaban J connectivity index is 2.57. The summed E-state index contributed by atoms with van der Waals surface area (Å²) in [4.78, 5) is 0. The van der Waals surface area contributed by atoms with Gasteiger partial charge in [0.1, 0.15) is 0 Å². The summed E-state index contributed by atoms with van der Waals surface area (Å²) >= 11 is 0. The zero-order chi connectivity index (χ0) is 8.43. The molecule has 0 spiro atoms. The zero-order valence-corrected chi connectivity index (χ0v) is 7.80. The Morgan fingerprint density at radius 1 is 1.64 bits per heavy atom. The van der Waals surface area contributed by atoms with Crippen LogP contribution in [0.5, 0.6) is 0 Å². The van der Waals surface area contributed by atoms with Gasteiger partial charge in [0.25, 0.3) is 0 Å². The molecular formula is C11H18. The molecule has 11 heavy (non-hydrogen) atoms. The second kappa shape index (κ2) is 3.25. The highest BCUT2D eigenvalue weighted by Gasteiger charge is 2.43.